The number of allylic oxidation sites excluding steroid dienone is 1. The van der Waals surface area contributed by atoms with E-state index in [4.69, 9.17) is 30.5 Å². The maximum Gasteiger partial charge on any atom is 0.338 e. The molecule has 1 unspecified atom stereocenters. The van der Waals surface area contributed by atoms with Crippen LogP contribution in [0.4, 0.5) is 0 Å². The molecule has 0 amide bonds. The van der Waals surface area contributed by atoms with Crippen molar-refractivity contribution in [1.82, 2.24) is 4.57 Å². The third-order valence-corrected chi connectivity index (χ3v) is 8.09. The van der Waals surface area contributed by atoms with Crippen molar-refractivity contribution >= 4 is 35.0 Å². The van der Waals surface area contributed by atoms with Crippen molar-refractivity contribution in [2.45, 2.75) is 19.6 Å². The Balaban J connectivity index is 1.60. The van der Waals surface area contributed by atoms with Crippen molar-refractivity contribution in [2.24, 2.45) is 4.99 Å². The number of nitrogens with zero attached hydrogens (tertiary/aromatic N) is 2. The van der Waals surface area contributed by atoms with Gasteiger partial charge in [-0.25, -0.2) is 9.79 Å². The molecule has 5 rings (SSSR count). The highest BCUT2D eigenvalue weighted by molar-refractivity contribution is 7.07. The second kappa shape index (κ2) is 13.2. The largest absolute Gasteiger partial charge is 0.496 e. The van der Waals surface area contributed by atoms with Crippen LogP contribution < -0.4 is 24.4 Å². The molecule has 1 aromatic heterocycles. The summed E-state index contributed by atoms with van der Waals surface area (Å²) in [7, 11) is 3.08. The van der Waals surface area contributed by atoms with Crippen molar-refractivity contribution in [2.75, 3.05) is 27.4 Å². The maximum absolute atomic E-state index is 14.1. The van der Waals surface area contributed by atoms with E-state index in [1.807, 2.05) is 66.7 Å². The van der Waals surface area contributed by atoms with E-state index in [2.05, 4.69) is 4.99 Å². The Morgan fingerprint density at radius 3 is 2.48 bits per heavy atom. The van der Waals surface area contributed by atoms with Crippen LogP contribution in [0.3, 0.4) is 0 Å². The van der Waals surface area contributed by atoms with Gasteiger partial charge in [0.2, 0.25) is 0 Å². The van der Waals surface area contributed by atoms with Gasteiger partial charge >= 0.3 is 5.97 Å². The predicted octanol–water partition coefficient (Wildman–Crippen LogP) is 4.67. The molecular weight excluding hydrogens is 576 g/mol. The number of rotatable bonds is 10. The summed E-state index contributed by atoms with van der Waals surface area (Å²) in [5.74, 6) is 0.562. The molecule has 0 saturated carbocycles. The van der Waals surface area contributed by atoms with Gasteiger partial charge in [-0.2, -0.15) is 0 Å². The predicted molar refractivity (Wildman–Crippen MR) is 162 cm³/mol. The van der Waals surface area contributed by atoms with Crippen molar-refractivity contribution in [3.05, 3.63) is 125 Å². The lowest BCUT2D eigenvalue weighted by atomic mass is 9.95. The molecule has 0 radical (unpaired) electrons. The molecule has 0 N–H and O–H groups in total. The lowest BCUT2D eigenvalue weighted by Crippen LogP contribution is -2.40. The summed E-state index contributed by atoms with van der Waals surface area (Å²) >= 11 is 7.55. The molecule has 8 nitrogen and oxygen atoms in total. The molecule has 1 aliphatic rings. The van der Waals surface area contributed by atoms with Crippen molar-refractivity contribution in [3.8, 4) is 11.5 Å². The molecule has 4 aromatic rings. The molecule has 216 valence electrons. The standard InChI is InChI=1S/C32H29ClN2O6S/c1-20-28(31(37)40-17-16-38-2)29(23-12-6-9-15-26(23)39-3)35-30(36)27(42-32(35)34-20)18-21-10-5-8-14-25(21)41-19-22-11-4-7-13-24(22)33/h4-15,18,29H,16-17,19H2,1-3H3. The average Bonchev–Trinajstić information content (AvgIpc) is 3.30. The van der Waals surface area contributed by atoms with Gasteiger partial charge in [0.05, 0.1) is 29.5 Å². The molecule has 42 heavy (non-hydrogen) atoms. The maximum atomic E-state index is 14.1. The van der Waals surface area contributed by atoms with Crippen molar-refractivity contribution in [3.63, 3.8) is 0 Å². The topological polar surface area (TPSA) is 88.4 Å². The average molecular weight is 605 g/mol. The lowest BCUT2D eigenvalue weighted by molar-refractivity contribution is -0.140. The van der Waals surface area contributed by atoms with Gasteiger partial charge in [-0.15, -0.1) is 0 Å². The highest BCUT2D eigenvalue weighted by Gasteiger charge is 2.35. The van der Waals surface area contributed by atoms with Crippen molar-refractivity contribution in [1.29, 1.82) is 0 Å². The summed E-state index contributed by atoms with van der Waals surface area (Å²) in [5, 5.41) is 0.617. The quantitative estimate of drug-likeness (QED) is 0.193. The monoisotopic (exact) mass is 604 g/mol. The van der Waals surface area contributed by atoms with E-state index in [0.717, 1.165) is 11.1 Å². The summed E-state index contributed by atoms with van der Waals surface area (Å²) in [6.07, 6.45) is 1.78. The second-order valence-electron chi connectivity index (χ2n) is 9.37. The lowest BCUT2D eigenvalue weighted by Gasteiger charge is -2.26. The van der Waals surface area contributed by atoms with Crippen LogP contribution in [0, 0.1) is 0 Å². The number of carbonyl (C=O) groups is 1. The van der Waals surface area contributed by atoms with Gasteiger partial charge in [0, 0.05) is 28.8 Å². The minimum Gasteiger partial charge on any atom is -0.496 e. The normalized spacial score (nSPS) is 14.8. The van der Waals surface area contributed by atoms with Gasteiger partial charge in [0.1, 0.15) is 30.8 Å². The summed E-state index contributed by atoms with van der Waals surface area (Å²) in [4.78, 5) is 32.5. The fourth-order valence-electron chi connectivity index (χ4n) is 4.71. The number of thiazole rings is 1. The van der Waals surface area contributed by atoms with E-state index in [9.17, 15) is 9.59 Å². The number of hydrogen-bond acceptors (Lipinski definition) is 8. The number of aromatic nitrogens is 1. The number of para-hydroxylation sites is 2. The first-order valence-corrected chi connectivity index (χ1v) is 14.4. The number of benzene rings is 3. The molecule has 3 aromatic carbocycles. The summed E-state index contributed by atoms with van der Waals surface area (Å²) < 4.78 is 24.2. The Kier molecular flexibility index (Phi) is 9.22. The smallest absolute Gasteiger partial charge is 0.338 e. The van der Waals surface area contributed by atoms with Crippen LogP contribution in [0.1, 0.15) is 29.7 Å². The molecule has 1 atom stereocenters. The van der Waals surface area contributed by atoms with Crippen LogP contribution >= 0.6 is 22.9 Å². The molecule has 0 aliphatic carbocycles. The molecule has 1 aliphatic heterocycles. The van der Waals surface area contributed by atoms with E-state index in [-0.39, 0.29) is 31.0 Å². The Morgan fingerprint density at radius 1 is 1.00 bits per heavy atom. The van der Waals surface area contributed by atoms with Crippen LogP contribution in [-0.4, -0.2) is 38.0 Å². The zero-order valence-corrected chi connectivity index (χ0v) is 24.9. The molecule has 2 heterocycles. The van der Waals surface area contributed by atoms with E-state index < -0.39 is 12.0 Å². The van der Waals surface area contributed by atoms with Crippen molar-refractivity contribution < 1.29 is 23.7 Å². The van der Waals surface area contributed by atoms with Gasteiger partial charge in [-0.3, -0.25) is 9.36 Å². The number of ether oxygens (including phenoxy) is 4. The zero-order chi connectivity index (χ0) is 29.6. The minimum absolute atomic E-state index is 0.0696. The number of esters is 1. The Hall–Kier alpha value is -4.18. The Labute approximate surface area is 251 Å². The third-order valence-electron chi connectivity index (χ3n) is 6.74. The first kappa shape index (κ1) is 29.3. The number of carbonyl (C=O) groups excluding carboxylic acids is 1. The summed E-state index contributed by atoms with van der Waals surface area (Å²) in [6, 6.07) is 21.4. The first-order chi connectivity index (χ1) is 20.4. The first-order valence-electron chi connectivity index (χ1n) is 13.2. The zero-order valence-electron chi connectivity index (χ0n) is 23.3. The van der Waals surface area contributed by atoms with E-state index in [1.165, 1.54) is 23.0 Å². The van der Waals surface area contributed by atoms with Gasteiger partial charge in [-0.05, 0) is 31.2 Å². The number of halogens is 1. The number of hydrogen-bond donors (Lipinski definition) is 0. The van der Waals surface area contributed by atoms with Crippen LogP contribution in [0.25, 0.3) is 6.08 Å². The molecule has 0 spiro atoms. The minimum atomic E-state index is -0.804. The van der Waals surface area contributed by atoms with Gasteiger partial charge in [0.25, 0.3) is 5.56 Å². The van der Waals surface area contributed by atoms with Gasteiger partial charge in [0.15, 0.2) is 4.80 Å². The van der Waals surface area contributed by atoms with Crippen LogP contribution in [0.15, 0.2) is 93.9 Å². The summed E-state index contributed by atoms with van der Waals surface area (Å²) in [5.41, 5.74) is 2.64. The fourth-order valence-corrected chi connectivity index (χ4v) is 5.94. The van der Waals surface area contributed by atoms with E-state index in [1.54, 1.807) is 26.2 Å². The molecule has 0 bridgehead atoms. The second-order valence-corrected chi connectivity index (χ2v) is 10.8. The Morgan fingerprint density at radius 2 is 1.71 bits per heavy atom. The third kappa shape index (κ3) is 6.04. The SMILES string of the molecule is COCCOC(=O)C1=C(C)N=c2sc(=Cc3ccccc3OCc3ccccc3Cl)c(=O)n2C1c1ccccc1OC. The van der Waals surface area contributed by atoms with Crippen LogP contribution in [-0.2, 0) is 20.9 Å². The fraction of sp³-hybridized carbons (Fsp3) is 0.219. The number of methoxy groups -OCH3 is 2. The van der Waals surface area contributed by atoms with Gasteiger partial charge < -0.3 is 18.9 Å². The van der Waals surface area contributed by atoms with Crippen LogP contribution in [0.2, 0.25) is 5.02 Å². The number of fused-ring (bicyclic) bond motifs is 1. The molecule has 10 heteroatoms. The molecule has 0 saturated heterocycles. The Bertz CT molecular complexity index is 1830. The summed E-state index contributed by atoms with van der Waals surface area (Å²) in [6.45, 7) is 2.33. The highest BCUT2D eigenvalue weighted by Crippen LogP contribution is 2.35. The molecular formula is C32H29ClN2O6S. The van der Waals surface area contributed by atoms with E-state index >= 15 is 0 Å². The van der Waals surface area contributed by atoms with Gasteiger partial charge in [-0.1, -0.05) is 77.5 Å². The van der Waals surface area contributed by atoms with Crippen LogP contribution in [0.5, 0.6) is 11.5 Å². The molecule has 0 fully saturated rings. The van der Waals surface area contributed by atoms with E-state index in [0.29, 0.717) is 37.1 Å². The highest BCUT2D eigenvalue weighted by atomic mass is 35.5.